The van der Waals surface area contributed by atoms with Gasteiger partial charge in [-0.3, -0.25) is 14.9 Å². The van der Waals surface area contributed by atoms with Crippen molar-refractivity contribution in [1.82, 2.24) is 4.90 Å². The summed E-state index contributed by atoms with van der Waals surface area (Å²) in [4.78, 5) is 23.2. The van der Waals surface area contributed by atoms with Crippen molar-refractivity contribution in [2.45, 2.75) is 31.3 Å². The zero-order valence-corrected chi connectivity index (χ0v) is 11.7. The number of nitrogens with zero attached hydrogens (tertiary/aromatic N) is 2. The predicted octanol–water partition coefficient (Wildman–Crippen LogP) is 2.11. The van der Waals surface area contributed by atoms with Gasteiger partial charge in [0.05, 0.1) is 10.5 Å². The quantitative estimate of drug-likeness (QED) is 0.681. The van der Waals surface area contributed by atoms with Crippen LogP contribution in [-0.4, -0.2) is 40.0 Å². The van der Waals surface area contributed by atoms with Crippen molar-refractivity contribution in [3.8, 4) is 0 Å². The highest BCUT2D eigenvalue weighted by molar-refractivity contribution is 5.94. The molecule has 1 saturated carbocycles. The molecule has 6 nitrogen and oxygen atoms in total. The first-order valence-corrected chi connectivity index (χ1v) is 6.74. The number of likely N-dealkylation sites (N-methyl/N-ethyl adjacent to an activating group) is 1. The number of benzene rings is 1. The number of hydrogen-bond acceptors (Lipinski definition) is 4. The molecule has 1 aromatic carbocycles. The van der Waals surface area contributed by atoms with Gasteiger partial charge in [0, 0.05) is 25.2 Å². The number of aliphatic hydroxyl groups is 1. The molecule has 0 radical (unpaired) electrons. The van der Waals surface area contributed by atoms with Crippen LogP contribution in [0, 0.1) is 15.9 Å². The Morgan fingerprint density at radius 2 is 2.10 bits per heavy atom. The molecule has 0 saturated heterocycles. The van der Waals surface area contributed by atoms with E-state index in [9.17, 15) is 24.4 Å². The van der Waals surface area contributed by atoms with Crippen LogP contribution in [0.2, 0.25) is 0 Å². The summed E-state index contributed by atoms with van der Waals surface area (Å²) in [5.74, 6) is -1.51. The van der Waals surface area contributed by atoms with Crippen LogP contribution < -0.4 is 0 Å². The molecule has 0 heterocycles. The molecule has 1 N–H and O–H groups in total. The summed E-state index contributed by atoms with van der Waals surface area (Å²) >= 11 is 0. The smallest absolute Gasteiger partial charge is 0.304 e. The largest absolute Gasteiger partial charge is 0.388 e. The molecule has 1 fully saturated rings. The van der Waals surface area contributed by atoms with Crippen molar-refractivity contribution in [3.05, 3.63) is 39.7 Å². The van der Waals surface area contributed by atoms with E-state index >= 15 is 0 Å². The van der Waals surface area contributed by atoms with Crippen molar-refractivity contribution in [3.63, 3.8) is 0 Å². The molecular formula is C14H17FN2O4. The molecule has 21 heavy (non-hydrogen) atoms. The van der Waals surface area contributed by atoms with E-state index in [1.165, 1.54) is 18.0 Å². The third-order valence-corrected chi connectivity index (χ3v) is 3.80. The summed E-state index contributed by atoms with van der Waals surface area (Å²) in [6, 6.07) is 3.05. The summed E-state index contributed by atoms with van der Waals surface area (Å²) in [7, 11) is 1.53. The first kappa shape index (κ1) is 15.4. The summed E-state index contributed by atoms with van der Waals surface area (Å²) < 4.78 is 13.5. The van der Waals surface area contributed by atoms with Crippen LogP contribution >= 0.6 is 0 Å². The number of nitro benzene ring substituents is 1. The van der Waals surface area contributed by atoms with Gasteiger partial charge in [0.25, 0.3) is 5.91 Å². The SMILES string of the molecule is CN(CC1(O)CCCC1)C(=O)c1ccc([N+](=O)[O-])c(F)c1. The Hall–Kier alpha value is -2.02. The van der Waals surface area contributed by atoms with Crippen LogP contribution in [0.25, 0.3) is 0 Å². The van der Waals surface area contributed by atoms with E-state index < -0.39 is 27.9 Å². The van der Waals surface area contributed by atoms with E-state index in [0.717, 1.165) is 25.0 Å². The fourth-order valence-corrected chi connectivity index (χ4v) is 2.71. The lowest BCUT2D eigenvalue weighted by Gasteiger charge is -2.28. The van der Waals surface area contributed by atoms with Crippen molar-refractivity contribution in [2.75, 3.05) is 13.6 Å². The van der Waals surface area contributed by atoms with Crippen molar-refractivity contribution >= 4 is 11.6 Å². The average Bonchev–Trinajstić information content (AvgIpc) is 2.83. The third kappa shape index (κ3) is 3.36. The van der Waals surface area contributed by atoms with E-state index in [1.807, 2.05) is 0 Å². The van der Waals surface area contributed by atoms with Gasteiger partial charge in [-0.25, -0.2) is 0 Å². The molecule has 114 valence electrons. The topological polar surface area (TPSA) is 83.7 Å². The van der Waals surface area contributed by atoms with Crippen molar-refractivity contribution in [1.29, 1.82) is 0 Å². The minimum absolute atomic E-state index is 0.0298. The van der Waals surface area contributed by atoms with Gasteiger partial charge in [0.2, 0.25) is 5.82 Å². The predicted molar refractivity (Wildman–Crippen MR) is 73.4 cm³/mol. The highest BCUT2D eigenvalue weighted by atomic mass is 19.1. The molecule has 0 spiro atoms. The Morgan fingerprint density at radius 1 is 1.48 bits per heavy atom. The Morgan fingerprint density at radius 3 is 2.62 bits per heavy atom. The molecule has 0 atom stereocenters. The normalized spacial score (nSPS) is 16.7. The molecule has 1 aliphatic rings. The van der Waals surface area contributed by atoms with Gasteiger partial charge in [-0.1, -0.05) is 12.8 Å². The summed E-state index contributed by atoms with van der Waals surface area (Å²) in [6.07, 6.45) is 3.12. The first-order valence-electron chi connectivity index (χ1n) is 6.74. The Bertz CT molecular complexity index is 570. The molecule has 0 bridgehead atoms. The van der Waals surface area contributed by atoms with E-state index in [0.29, 0.717) is 12.8 Å². The minimum atomic E-state index is -1.04. The maximum absolute atomic E-state index is 13.5. The van der Waals surface area contributed by atoms with E-state index in [-0.39, 0.29) is 12.1 Å². The number of hydrogen-bond donors (Lipinski definition) is 1. The van der Waals surface area contributed by atoms with Gasteiger partial charge in [-0.2, -0.15) is 4.39 Å². The van der Waals surface area contributed by atoms with E-state index in [1.54, 1.807) is 0 Å². The van der Waals surface area contributed by atoms with Crippen LogP contribution in [0.4, 0.5) is 10.1 Å². The Balaban J connectivity index is 2.12. The standard InChI is InChI=1S/C14H17FN2O4/c1-16(9-14(19)6-2-3-7-14)13(18)10-4-5-12(17(20)21)11(15)8-10/h4-5,8,19H,2-3,6-7,9H2,1H3. The monoisotopic (exact) mass is 296 g/mol. The van der Waals surface area contributed by atoms with Gasteiger partial charge in [-0.15, -0.1) is 0 Å². The van der Waals surface area contributed by atoms with Gasteiger partial charge >= 0.3 is 5.69 Å². The fourth-order valence-electron chi connectivity index (χ4n) is 2.71. The Kier molecular flexibility index (Phi) is 4.22. The average molecular weight is 296 g/mol. The number of halogens is 1. The maximum atomic E-state index is 13.5. The van der Waals surface area contributed by atoms with Gasteiger partial charge in [0.15, 0.2) is 0 Å². The van der Waals surface area contributed by atoms with Gasteiger partial charge < -0.3 is 10.0 Å². The lowest BCUT2D eigenvalue weighted by Crippen LogP contribution is -2.42. The molecular weight excluding hydrogens is 279 g/mol. The number of rotatable bonds is 4. The summed E-state index contributed by atoms with van der Waals surface area (Å²) in [6.45, 7) is 0.171. The van der Waals surface area contributed by atoms with Gasteiger partial charge in [0.1, 0.15) is 0 Å². The molecule has 0 aliphatic heterocycles. The lowest BCUT2D eigenvalue weighted by atomic mass is 10.0. The van der Waals surface area contributed by atoms with E-state index in [2.05, 4.69) is 0 Å². The summed E-state index contributed by atoms with van der Waals surface area (Å²) in [5.41, 5.74) is -1.52. The lowest BCUT2D eigenvalue weighted by molar-refractivity contribution is -0.387. The van der Waals surface area contributed by atoms with Crippen LogP contribution in [0.5, 0.6) is 0 Å². The van der Waals surface area contributed by atoms with Crippen LogP contribution in [0.3, 0.4) is 0 Å². The highest BCUT2D eigenvalue weighted by Crippen LogP contribution is 2.30. The molecule has 7 heteroatoms. The van der Waals surface area contributed by atoms with Gasteiger partial charge in [-0.05, 0) is 25.0 Å². The maximum Gasteiger partial charge on any atom is 0.304 e. The second kappa shape index (κ2) is 5.77. The molecule has 2 rings (SSSR count). The number of carbonyl (C=O) groups excluding carboxylic acids is 1. The molecule has 0 unspecified atom stereocenters. The van der Waals surface area contributed by atoms with Crippen LogP contribution in [0.15, 0.2) is 18.2 Å². The molecule has 0 aromatic heterocycles. The minimum Gasteiger partial charge on any atom is -0.388 e. The number of carbonyl (C=O) groups is 1. The van der Waals surface area contributed by atoms with E-state index in [4.69, 9.17) is 0 Å². The second-order valence-corrected chi connectivity index (χ2v) is 5.52. The fraction of sp³-hybridized carbons (Fsp3) is 0.500. The molecule has 1 aromatic rings. The Labute approximate surface area is 121 Å². The summed E-state index contributed by atoms with van der Waals surface area (Å²) in [5, 5.41) is 20.8. The zero-order chi connectivity index (χ0) is 15.6. The third-order valence-electron chi connectivity index (χ3n) is 3.80. The first-order chi connectivity index (χ1) is 9.82. The zero-order valence-electron chi connectivity index (χ0n) is 11.7. The van der Waals surface area contributed by atoms with Crippen LogP contribution in [0.1, 0.15) is 36.0 Å². The number of nitro groups is 1. The van der Waals surface area contributed by atoms with Crippen LogP contribution in [-0.2, 0) is 0 Å². The molecule has 1 amide bonds. The second-order valence-electron chi connectivity index (χ2n) is 5.52. The van der Waals surface area contributed by atoms with Crippen molar-refractivity contribution in [2.24, 2.45) is 0 Å². The number of amides is 1. The van der Waals surface area contributed by atoms with Crippen molar-refractivity contribution < 1.29 is 19.2 Å². The molecule has 1 aliphatic carbocycles. The highest BCUT2D eigenvalue weighted by Gasteiger charge is 2.33.